The molecule has 2 aromatic carbocycles. The standard InChI is InChI=1S/C22H26ClN3O2/c1-3-17-6-4-5-16(2)21(17)24-20(27)15-25-11-13-26(14-12-25)22(28)18-7-9-19(23)10-8-18/h4-10H,3,11-15H2,1-2H3,(H,24,27). The molecule has 1 heterocycles. The number of para-hydroxylation sites is 1. The van der Waals surface area contributed by atoms with E-state index in [0.29, 0.717) is 43.3 Å². The fourth-order valence-electron chi connectivity index (χ4n) is 3.47. The van der Waals surface area contributed by atoms with E-state index in [2.05, 4.69) is 17.1 Å². The summed E-state index contributed by atoms with van der Waals surface area (Å²) < 4.78 is 0. The summed E-state index contributed by atoms with van der Waals surface area (Å²) in [5, 5.41) is 3.69. The number of halogens is 1. The average Bonchev–Trinajstić information content (AvgIpc) is 2.70. The van der Waals surface area contributed by atoms with E-state index in [4.69, 9.17) is 11.6 Å². The summed E-state index contributed by atoms with van der Waals surface area (Å²) in [4.78, 5) is 29.0. The van der Waals surface area contributed by atoms with Crippen molar-refractivity contribution in [3.63, 3.8) is 0 Å². The Hall–Kier alpha value is -2.37. The Kier molecular flexibility index (Phi) is 6.70. The molecule has 5 nitrogen and oxygen atoms in total. The van der Waals surface area contributed by atoms with Gasteiger partial charge in [0.1, 0.15) is 0 Å². The van der Waals surface area contributed by atoms with Crippen LogP contribution in [0.15, 0.2) is 42.5 Å². The second-order valence-electron chi connectivity index (χ2n) is 7.09. The van der Waals surface area contributed by atoms with Gasteiger partial charge in [-0.15, -0.1) is 0 Å². The van der Waals surface area contributed by atoms with Gasteiger partial charge in [-0.1, -0.05) is 36.7 Å². The Labute approximate surface area is 171 Å². The number of hydrogen-bond acceptors (Lipinski definition) is 3. The van der Waals surface area contributed by atoms with Gasteiger partial charge in [0.05, 0.1) is 6.54 Å². The number of anilines is 1. The molecular weight excluding hydrogens is 374 g/mol. The van der Waals surface area contributed by atoms with Crippen LogP contribution in [-0.2, 0) is 11.2 Å². The summed E-state index contributed by atoms with van der Waals surface area (Å²) in [5.74, 6) is -0.00487. The van der Waals surface area contributed by atoms with Crippen molar-refractivity contribution in [3.05, 3.63) is 64.2 Å². The van der Waals surface area contributed by atoms with Crippen LogP contribution in [0, 0.1) is 6.92 Å². The third-order valence-electron chi connectivity index (χ3n) is 5.12. The first kappa shape index (κ1) is 20.4. The minimum atomic E-state index is -0.0125. The fourth-order valence-corrected chi connectivity index (χ4v) is 3.59. The minimum absolute atomic E-state index is 0.00765. The number of rotatable bonds is 5. The molecule has 1 aliphatic rings. The smallest absolute Gasteiger partial charge is 0.253 e. The van der Waals surface area contributed by atoms with E-state index in [1.807, 2.05) is 30.0 Å². The van der Waals surface area contributed by atoms with Crippen LogP contribution >= 0.6 is 11.6 Å². The Morgan fingerprint density at radius 3 is 2.36 bits per heavy atom. The molecule has 1 aliphatic heterocycles. The van der Waals surface area contributed by atoms with Gasteiger partial charge in [-0.2, -0.15) is 0 Å². The number of carbonyl (C=O) groups excluding carboxylic acids is 2. The van der Waals surface area contributed by atoms with Crippen molar-refractivity contribution in [3.8, 4) is 0 Å². The van der Waals surface area contributed by atoms with Gasteiger partial charge in [0.2, 0.25) is 5.91 Å². The zero-order valence-electron chi connectivity index (χ0n) is 16.4. The van der Waals surface area contributed by atoms with Crippen LogP contribution in [0.25, 0.3) is 0 Å². The minimum Gasteiger partial charge on any atom is -0.336 e. The maximum Gasteiger partial charge on any atom is 0.253 e. The number of piperazine rings is 1. The molecule has 0 atom stereocenters. The van der Waals surface area contributed by atoms with Crippen LogP contribution in [0.1, 0.15) is 28.4 Å². The predicted molar refractivity (Wildman–Crippen MR) is 113 cm³/mol. The molecule has 0 bridgehead atoms. The highest BCUT2D eigenvalue weighted by Gasteiger charge is 2.23. The van der Waals surface area contributed by atoms with E-state index in [-0.39, 0.29) is 11.8 Å². The molecule has 0 saturated carbocycles. The molecule has 148 valence electrons. The topological polar surface area (TPSA) is 52.7 Å². The maximum absolute atomic E-state index is 12.6. The van der Waals surface area contributed by atoms with Crippen LogP contribution in [0.4, 0.5) is 5.69 Å². The highest BCUT2D eigenvalue weighted by molar-refractivity contribution is 6.30. The van der Waals surface area contributed by atoms with Crippen molar-refractivity contribution < 1.29 is 9.59 Å². The van der Waals surface area contributed by atoms with Crippen LogP contribution in [0.5, 0.6) is 0 Å². The molecule has 1 fully saturated rings. The number of benzene rings is 2. The Morgan fingerprint density at radius 2 is 1.71 bits per heavy atom. The zero-order chi connectivity index (χ0) is 20.1. The van der Waals surface area contributed by atoms with E-state index >= 15 is 0 Å². The Morgan fingerprint density at radius 1 is 1.04 bits per heavy atom. The van der Waals surface area contributed by atoms with Crippen molar-refractivity contribution in [2.45, 2.75) is 20.3 Å². The van der Waals surface area contributed by atoms with E-state index < -0.39 is 0 Å². The molecule has 1 N–H and O–H groups in total. The van der Waals surface area contributed by atoms with Crippen molar-refractivity contribution in [2.24, 2.45) is 0 Å². The molecule has 0 unspecified atom stereocenters. The van der Waals surface area contributed by atoms with Gasteiger partial charge < -0.3 is 10.2 Å². The van der Waals surface area contributed by atoms with Gasteiger partial charge in [-0.3, -0.25) is 14.5 Å². The van der Waals surface area contributed by atoms with Gasteiger partial charge in [0.15, 0.2) is 0 Å². The Bertz CT molecular complexity index is 843. The third kappa shape index (κ3) is 4.91. The number of aryl methyl sites for hydroxylation is 2. The lowest BCUT2D eigenvalue weighted by atomic mass is 10.1. The molecule has 0 spiro atoms. The van der Waals surface area contributed by atoms with Gasteiger partial charge in [0.25, 0.3) is 5.91 Å². The first-order valence-corrected chi connectivity index (χ1v) is 10.0. The van der Waals surface area contributed by atoms with Crippen molar-refractivity contribution in [2.75, 3.05) is 38.0 Å². The lowest BCUT2D eigenvalue weighted by molar-refractivity contribution is -0.117. The van der Waals surface area contributed by atoms with Crippen molar-refractivity contribution in [1.29, 1.82) is 0 Å². The number of amides is 2. The summed E-state index contributed by atoms with van der Waals surface area (Å²) in [7, 11) is 0. The number of hydrogen-bond donors (Lipinski definition) is 1. The first-order chi connectivity index (χ1) is 13.5. The molecule has 2 aromatic rings. The molecule has 2 amide bonds. The number of nitrogens with one attached hydrogen (secondary N) is 1. The normalized spacial score (nSPS) is 14.8. The second-order valence-corrected chi connectivity index (χ2v) is 7.52. The largest absolute Gasteiger partial charge is 0.336 e. The fraction of sp³-hybridized carbons (Fsp3) is 0.364. The summed E-state index contributed by atoms with van der Waals surface area (Å²) >= 11 is 5.89. The van der Waals surface area contributed by atoms with Crippen LogP contribution in [0.2, 0.25) is 5.02 Å². The lowest BCUT2D eigenvalue weighted by Crippen LogP contribution is -2.50. The van der Waals surface area contributed by atoms with Gasteiger partial charge in [-0.05, 0) is 48.7 Å². The van der Waals surface area contributed by atoms with Gasteiger partial charge >= 0.3 is 0 Å². The van der Waals surface area contributed by atoms with E-state index in [1.165, 1.54) is 0 Å². The summed E-state index contributed by atoms with van der Waals surface area (Å²) in [6.07, 6.45) is 0.878. The molecule has 0 radical (unpaired) electrons. The molecular formula is C22H26ClN3O2. The summed E-state index contributed by atoms with van der Waals surface area (Å²) in [6, 6.07) is 13.0. The highest BCUT2D eigenvalue weighted by Crippen LogP contribution is 2.21. The van der Waals surface area contributed by atoms with Crippen LogP contribution < -0.4 is 5.32 Å². The average molecular weight is 400 g/mol. The van der Waals surface area contributed by atoms with Gasteiger partial charge in [0, 0.05) is 42.5 Å². The summed E-state index contributed by atoms with van der Waals surface area (Å²) in [5.41, 5.74) is 3.78. The third-order valence-corrected chi connectivity index (χ3v) is 5.37. The molecule has 3 rings (SSSR count). The molecule has 0 aliphatic carbocycles. The van der Waals surface area contributed by atoms with Crippen molar-refractivity contribution in [1.82, 2.24) is 9.80 Å². The second kappa shape index (κ2) is 9.22. The van der Waals surface area contributed by atoms with Crippen LogP contribution in [0.3, 0.4) is 0 Å². The first-order valence-electron chi connectivity index (χ1n) is 9.63. The van der Waals surface area contributed by atoms with Crippen LogP contribution in [-0.4, -0.2) is 54.3 Å². The quantitative estimate of drug-likeness (QED) is 0.835. The molecule has 6 heteroatoms. The highest BCUT2D eigenvalue weighted by atomic mass is 35.5. The number of nitrogens with zero attached hydrogens (tertiary/aromatic N) is 2. The lowest BCUT2D eigenvalue weighted by Gasteiger charge is -2.34. The molecule has 28 heavy (non-hydrogen) atoms. The van der Waals surface area contributed by atoms with Crippen molar-refractivity contribution >= 4 is 29.1 Å². The maximum atomic E-state index is 12.6. The predicted octanol–water partition coefficient (Wildman–Crippen LogP) is 3.61. The van der Waals surface area contributed by atoms with E-state index in [1.54, 1.807) is 24.3 Å². The summed E-state index contributed by atoms with van der Waals surface area (Å²) in [6.45, 7) is 7.01. The molecule has 0 aromatic heterocycles. The monoisotopic (exact) mass is 399 g/mol. The number of carbonyl (C=O) groups is 2. The van der Waals surface area contributed by atoms with E-state index in [9.17, 15) is 9.59 Å². The van der Waals surface area contributed by atoms with E-state index in [0.717, 1.165) is 23.2 Å². The van der Waals surface area contributed by atoms with Gasteiger partial charge in [-0.25, -0.2) is 0 Å². The molecule has 1 saturated heterocycles. The SMILES string of the molecule is CCc1cccc(C)c1NC(=O)CN1CCN(C(=O)c2ccc(Cl)cc2)CC1. The zero-order valence-corrected chi connectivity index (χ0v) is 17.1. The Balaban J connectivity index is 1.52.